The van der Waals surface area contributed by atoms with Crippen molar-refractivity contribution in [1.29, 1.82) is 0 Å². The van der Waals surface area contributed by atoms with Crippen LogP contribution in [0, 0.1) is 12.8 Å². The molecule has 0 heterocycles. The Morgan fingerprint density at radius 2 is 1.82 bits per heavy atom. The summed E-state index contributed by atoms with van der Waals surface area (Å²) >= 11 is 1.95. The average molecular weight is 246 g/mol. The molecular weight excluding hydrogens is 224 g/mol. The van der Waals surface area contributed by atoms with Crippen molar-refractivity contribution in [3.8, 4) is 0 Å². The van der Waals surface area contributed by atoms with Gasteiger partial charge < -0.3 is 0 Å². The second-order valence-electron chi connectivity index (χ2n) is 5.08. The first-order chi connectivity index (χ1) is 8.25. The van der Waals surface area contributed by atoms with Crippen molar-refractivity contribution < 1.29 is 0 Å². The van der Waals surface area contributed by atoms with Gasteiger partial charge in [0.05, 0.1) is 0 Å². The van der Waals surface area contributed by atoms with Gasteiger partial charge in [0, 0.05) is 5.75 Å². The van der Waals surface area contributed by atoms with Crippen LogP contribution in [0.3, 0.4) is 0 Å². The molecular formula is C16H22S. The molecule has 0 aromatic heterocycles. The second-order valence-corrected chi connectivity index (χ2v) is 6.18. The van der Waals surface area contributed by atoms with Crippen molar-refractivity contribution in [2.45, 2.75) is 44.8 Å². The summed E-state index contributed by atoms with van der Waals surface area (Å²) in [7, 11) is 0. The quantitative estimate of drug-likeness (QED) is 0.692. The van der Waals surface area contributed by atoms with Crippen LogP contribution in [-0.2, 0) is 5.75 Å². The van der Waals surface area contributed by atoms with E-state index in [2.05, 4.69) is 37.8 Å². The first-order valence-electron chi connectivity index (χ1n) is 6.63. The lowest BCUT2D eigenvalue weighted by Crippen LogP contribution is -2.06. The molecule has 0 N–H and O–H groups in total. The maximum atomic E-state index is 4.27. The van der Waals surface area contributed by atoms with Crippen molar-refractivity contribution in [1.82, 2.24) is 0 Å². The van der Waals surface area contributed by atoms with E-state index >= 15 is 0 Å². The van der Waals surface area contributed by atoms with Crippen LogP contribution >= 0.6 is 11.8 Å². The smallest absolute Gasteiger partial charge is 0.0228 e. The predicted octanol–water partition coefficient (Wildman–Crippen LogP) is 5.32. The SMILES string of the molecule is C=C(SCc1ccc(C)cc1)C1CCCCC1. The lowest BCUT2D eigenvalue weighted by Gasteiger charge is -2.23. The fraction of sp³-hybridized carbons (Fsp3) is 0.500. The molecule has 1 aromatic carbocycles. The normalized spacial score (nSPS) is 17.0. The zero-order valence-electron chi connectivity index (χ0n) is 10.7. The maximum absolute atomic E-state index is 4.27. The number of hydrogen-bond donors (Lipinski definition) is 0. The number of aryl methyl sites for hydroxylation is 1. The third-order valence-corrected chi connectivity index (χ3v) is 4.79. The van der Waals surface area contributed by atoms with Crippen LogP contribution in [0.2, 0.25) is 0 Å². The Morgan fingerprint density at radius 3 is 2.47 bits per heavy atom. The lowest BCUT2D eigenvalue weighted by molar-refractivity contribution is 0.415. The zero-order chi connectivity index (χ0) is 12.1. The van der Waals surface area contributed by atoms with Gasteiger partial charge in [-0.3, -0.25) is 0 Å². The second kappa shape index (κ2) is 6.30. The number of allylic oxidation sites excluding steroid dienone is 1. The van der Waals surface area contributed by atoms with Gasteiger partial charge in [0.15, 0.2) is 0 Å². The van der Waals surface area contributed by atoms with Crippen molar-refractivity contribution in [2.24, 2.45) is 5.92 Å². The minimum atomic E-state index is 0.777. The highest BCUT2D eigenvalue weighted by Gasteiger charge is 2.16. The highest BCUT2D eigenvalue weighted by Crippen LogP contribution is 2.35. The third kappa shape index (κ3) is 3.92. The van der Waals surface area contributed by atoms with Crippen LogP contribution in [0.5, 0.6) is 0 Å². The summed E-state index contributed by atoms with van der Waals surface area (Å²) < 4.78 is 0. The fourth-order valence-corrected chi connectivity index (χ4v) is 3.42. The van der Waals surface area contributed by atoms with Crippen molar-refractivity contribution in [3.63, 3.8) is 0 Å². The van der Waals surface area contributed by atoms with E-state index < -0.39 is 0 Å². The number of thioether (sulfide) groups is 1. The number of benzene rings is 1. The van der Waals surface area contributed by atoms with Crippen molar-refractivity contribution in [2.75, 3.05) is 0 Å². The maximum Gasteiger partial charge on any atom is 0.0228 e. The van der Waals surface area contributed by atoms with Gasteiger partial charge in [-0.1, -0.05) is 55.7 Å². The first kappa shape index (κ1) is 12.8. The molecule has 17 heavy (non-hydrogen) atoms. The van der Waals surface area contributed by atoms with Gasteiger partial charge in [0.1, 0.15) is 0 Å². The van der Waals surface area contributed by atoms with E-state index in [0.29, 0.717) is 0 Å². The predicted molar refractivity (Wildman–Crippen MR) is 78.2 cm³/mol. The summed E-state index contributed by atoms with van der Waals surface area (Å²) in [4.78, 5) is 1.41. The molecule has 1 saturated carbocycles. The van der Waals surface area contributed by atoms with Gasteiger partial charge in [-0.15, -0.1) is 11.8 Å². The van der Waals surface area contributed by atoms with Crippen LogP contribution in [0.15, 0.2) is 35.7 Å². The summed E-state index contributed by atoms with van der Waals surface area (Å²) in [6.45, 7) is 6.41. The van der Waals surface area contributed by atoms with Gasteiger partial charge in [-0.2, -0.15) is 0 Å². The Bertz CT molecular complexity index is 358. The highest BCUT2D eigenvalue weighted by molar-refractivity contribution is 8.02. The molecule has 1 aliphatic carbocycles. The molecule has 1 aromatic rings. The van der Waals surface area contributed by atoms with Gasteiger partial charge in [0.2, 0.25) is 0 Å². The van der Waals surface area contributed by atoms with Crippen LogP contribution < -0.4 is 0 Å². The summed E-state index contributed by atoms with van der Waals surface area (Å²) in [6.07, 6.45) is 6.94. The van der Waals surface area contributed by atoms with E-state index in [9.17, 15) is 0 Å². The van der Waals surface area contributed by atoms with E-state index in [0.717, 1.165) is 11.7 Å². The van der Waals surface area contributed by atoms with Gasteiger partial charge in [-0.05, 0) is 36.2 Å². The van der Waals surface area contributed by atoms with E-state index in [1.807, 2.05) is 11.8 Å². The summed E-state index contributed by atoms with van der Waals surface area (Å²) in [5.74, 6) is 1.86. The molecule has 0 atom stereocenters. The standard InChI is InChI=1S/C16H22S/c1-13-8-10-15(11-9-13)12-17-14(2)16-6-4-3-5-7-16/h8-11,16H,2-7,12H2,1H3. The largest absolute Gasteiger partial charge is 0.126 e. The van der Waals surface area contributed by atoms with Gasteiger partial charge in [-0.25, -0.2) is 0 Å². The molecule has 0 unspecified atom stereocenters. The van der Waals surface area contributed by atoms with Crippen molar-refractivity contribution in [3.05, 3.63) is 46.9 Å². The summed E-state index contributed by atoms with van der Waals surface area (Å²) in [6, 6.07) is 8.85. The molecule has 92 valence electrons. The molecule has 1 heteroatoms. The molecule has 1 aliphatic rings. The molecule has 0 saturated heterocycles. The van der Waals surface area contributed by atoms with E-state index in [1.54, 1.807) is 0 Å². The number of rotatable bonds is 4. The van der Waals surface area contributed by atoms with Gasteiger partial charge in [0.25, 0.3) is 0 Å². The van der Waals surface area contributed by atoms with Crippen LogP contribution in [0.4, 0.5) is 0 Å². The Balaban J connectivity index is 1.81. The molecule has 1 fully saturated rings. The zero-order valence-corrected chi connectivity index (χ0v) is 11.6. The monoisotopic (exact) mass is 246 g/mol. The molecule has 0 bridgehead atoms. The Kier molecular flexibility index (Phi) is 4.73. The van der Waals surface area contributed by atoms with E-state index in [4.69, 9.17) is 0 Å². The molecule has 0 nitrogen and oxygen atoms in total. The van der Waals surface area contributed by atoms with E-state index in [1.165, 1.54) is 48.1 Å². The fourth-order valence-electron chi connectivity index (χ4n) is 2.40. The first-order valence-corrected chi connectivity index (χ1v) is 7.61. The molecule has 0 radical (unpaired) electrons. The topological polar surface area (TPSA) is 0 Å². The Labute approximate surface area is 110 Å². The van der Waals surface area contributed by atoms with E-state index in [-0.39, 0.29) is 0 Å². The summed E-state index contributed by atoms with van der Waals surface area (Å²) in [5.41, 5.74) is 2.75. The molecule has 0 spiro atoms. The van der Waals surface area contributed by atoms with Crippen molar-refractivity contribution >= 4 is 11.8 Å². The van der Waals surface area contributed by atoms with Crippen LogP contribution in [-0.4, -0.2) is 0 Å². The minimum absolute atomic E-state index is 0.777. The third-order valence-electron chi connectivity index (χ3n) is 3.61. The minimum Gasteiger partial charge on any atom is -0.126 e. The number of hydrogen-bond acceptors (Lipinski definition) is 1. The Hall–Kier alpha value is -0.690. The molecule has 0 amide bonds. The van der Waals surface area contributed by atoms with Crippen LogP contribution in [0.1, 0.15) is 43.2 Å². The van der Waals surface area contributed by atoms with Crippen LogP contribution in [0.25, 0.3) is 0 Å². The molecule has 0 aliphatic heterocycles. The highest BCUT2D eigenvalue weighted by atomic mass is 32.2. The van der Waals surface area contributed by atoms with Gasteiger partial charge >= 0.3 is 0 Å². The summed E-state index contributed by atoms with van der Waals surface area (Å²) in [5, 5.41) is 0. The Morgan fingerprint density at radius 1 is 1.18 bits per heavy atom. The lowest BCUT2D eigenvalue weighted by atomic mass is 9.89. The molecule has 2 rings (SSSR count). The average Bonchev–Trinajstić information content (AvgIpc) is 2.39.